The number of ether oxygens (including phenoxy) is 7. The van der Waals surface area contributed by atoms with Crippen molar-refractivity contribution in [2.24, 2.45) is 40.4 Å². The number of hydrogen-bond acceptors (Lipinski definition) is 14. The van der Waals surface area contributed by atoms with Crippen LogP contribution in [0.4, 0.5) is 0 Å². The summed E-state index contributed by atoms with van der Waals surface area (Å²) in [7, 11) is 0. The molecule has 23 atom stereocenters. The maximum absolute atomic E-state index is 12.7. The Balaban J connectivity index is 0.847. The van der Waals surface area contributed by atoms with E-state index in [1.54, 1.807) is 13.8 Å². The van der Waals surface area contributed by atoms with E-state index in [2.05, 4.69) is 6.92 Å². The molecule has 0 amide bonds. The Kier molecular flexibility index (Phi) is 10.2. The number of hydrogen-bond donors (Lipinski definition) is 6. The molecule has 4 aliphatic carbocycles. The van der Waals surface area contributed by atoms with Crippen LogP contribution in [0.15, 0.2) is 0 Å². The topological polar surface area (TPSA) is 203 Å². The predicted octanol–water partition coefficient (Wildman–Crippen LogP) is 2.30. The Morgan fingerprint density at radius 3 is 1.87 bits per heavy atom. The van der Waals surface area contributed by atoms with Gasteiger partial charge in [0, 0.05) is 33.3 Å². The molecule has 1 unspecified atom stereocenters. The molecule has 0 aromatic heterocycles. The normalized spacial score (nSPS) is 60.1. The Hall–Kier alpha value is -1.01. The molecule has 55 heavy (non-hydrogen) atoms. The van der Waals surface area contributed by atoms with Crippen molar-refractivity contribution in [3.8, 4) is 0 Å². The van der Waals surface area contributed by atoms with Gasteiger partial charge in [-0.1, -0.05) is 13.8 Å². The fraction of sp³-hybridized carbons (Fsp3) is 0.976. The third-order valence-electron chi connectivity index (χ3n) is 15.9. The highest BCUT2D eigenvalue weighted by molar-refractivity contribution is 5.71. The molecule has 8 aliphatic rings. The summed E-state index contributed by atoms with van der Waals surface area (Å²) in [6, 6.07) is 0. The number of aliphatic hydroxyl groups excluding tert-OH is 5. The molecule has 0 aromatic carbocycles. The maximum Gasteiger partial charge on any atom is 0.306 e. The lowest BCUT2D eigenvalue weighted by Crippen LogP contribution is -2.67. The summed E-state index contributed by atoms with van der Waals surface area (Å²) in [5, 5.41) is 67.1. The van der Waals surface area contributed by atoms with Gasteiger partial charge in [0.25, 0.3) is 0 Å². The zero-order valence-corrected chi connectivity index (χ0v) is 32.8. The minimum Gasteiger partial charge on any atom is -0.465 e. The van der Waals surface area contributed by atoms with E-state index in [9.17, 15) is 35.4 Å². The van der Waals surface area contributed by atoms with Gasteiger partial charge in [-0.25, -0.2) is 0 Å². The quantitative estimate of drug-likeness (QED) is 0.162. The molecule has 4 saturated carbocycles. The lowest BCUT2D eigenvalue weighted by atomic mass is 9.42. The van der Waals surface area contributed by atoms with Crippen LogP contribution >= 0.6 is 0 Å². The Morgan fingerprint density at radius 1 is 0.691 bits per heavy atom. The molecule has 4 saturated heterocycles. The second-order valence-electron chi connectivity index (χ2n) is 18.8. The van der Waals surface area contributed by atoms with Gasteiger partial charge in [0.15, 0.2) is 18.9 Å². The fourth-order valence-corrected chi connectivity index (χ4v) is 12.7. The molecular formula is C41H66O14. The van der Waals surface area contributed by atoms with Crippen molar-refractivity contribution in [1.29, 1.82) is 0 Å². The Bertz CT molecular complexity index is 1480. The number of fused-ring (bicyclic) bond motifs is 5. The van der Waals surface area contributed by atoms with Crippen LogP contribution in [-0.2, 0) is 38.0 Å². The minimum atomic E-state index is -2.36. The van der Waals surface area contributed by atoms with Crippen molar-refractivity contribution in [2.75, 3.05) is 6.58 Å². The first kappa shape index (κ1) is 37.0. The van der Waals surface area contributed by atoms with Gasteiger partial charge in [0.2, 0.25) is 0 Å². The Morgan fingerprint density at radius 2 is 1.29 bits per heavy atom. The number of rotatable bonds is 7. The predicted molar refractivity (Wildman–Crippen MR) is 193 cm³/mol. The second kappa shape index (κ2) is 15.2. The minimum absolute atomic E-state index is 0.0334. The average Bonchev–Trinajstić information content (AvgIpc) is 3.53. The summed E-state index contributed by atoms with van der Waals surface area (Å²) in [5.74, 6) is -2.50. The summed E-state index contributed by atoms with van der Waals surface area (Å²) in [6.07, 6.45) is -7.35. The summed E-state index contributed by atoms with van der Waals surface area (Å²) in [6.45, 7) is 7.95. The van der Waals surface area contributed by atoms with Gasteiger partial charge in [0.1, 0.15) is 18.3 Å². The molecule has 4 aliphatic heterocycles. The van der Waals surface area contributed by atoms with Crippen LogP contribution in [0.3, 0.4) is 0 Å². The van der Waals surface area contributed by atoms with E-state index >= 15 is 0 Å². The van der Waals surface area contributed by atoms with Gasteiger partial charge in [-0.2, -0.15) is 0 Å². The first-order valence-corrected chi connectivity index (χ1v) is 20.9. The van der Waals surface area contributed by atoms with Crippen LogP contribution in [0.1, 0.15) is 116 Å². The molecule has 8 rings (SSSR count). The second-order valence-corrected chi connectivity index (χ2v) is 18.8. The van der Waals surface area contributed by atoms with E-state index in [4.69, 9.17) is 37.3 Å². The van der Waals surface area contributed by atoms with Gasteiger partial charge in [-0.15, -0.1) is 0 Å². The SMILES string of the molecule is [2H]C1OC(=O)C([2H])([2H])[C@@H]1[C@H]1CC[C@]2(O)[C@@H]3CC[C@@H]4C[C@@H](O[C@H]5C[C@H](O)[C@H](O[C@H]6C[C@H](O)[C@H](O[C@H]7C[C@H](O)[C@H](O)[C@@H](C)O7)[C@@H](C)O6)[C@@H](C)O5)CC[C@]4(C)[C@H]3C[C@@H](O)[C@]12C. The molecule has 14 heteroatoms. The molecule has 0 radical (unpaired) electrons. The van der Waals surface area contributed by atoms with Gasteiger partial charge in [0.05, 0.1) is 68.8 Å². The number of cyclic esters (lactones) is 1. The highest BCUT2D eigenvalue weighted by Crippen LogP contribution is 2.70. The van der Waals surface area contributed by atoms with E-state index in [1.165, 1.54) is 0 Å². The van der Waals surface area contributed by atoms with Crippen LogP contribution in [0.5, 0.6) is 0 Å². The average molecular weight is 786 g/mol. The van der Waals surface area contributed by atoms with E-state index in [0.29, 0.717) is 19.3 Å². The fourth-order valence-electron chi connectivity index (χ4n) is 12.7. The van der Waals surface area contributed by atoms with Crippen molar-refractivity contribution in [2.45, 2.75) is 203 Å². The molecule has 0 bridgehead atoms. The highest BCUT2D eigenvalue weighted by atomic mass is 16.7. The summed E-state index contributed by atoms with van der Waals surface area (Å²) < 4.78 is 67.3. The number of carbonyl (C=O) groups is 1. The zero-order valence-electron chi connectivity index (χ0n) is 35.8. The summed E-state index contributed by atoms with van der Waals surface area (Å²) in [5.41, 5.74) is -2.52. The maximum atomic E-state index is 12.7. The number of carbonyl (C=O) groups excluding carboxylic acids is 1. The molecule has 4 heterocycles. The third kappa shape index (κ3) is 7.03. The van der Waals surface area contributed by atoms with Crippen LogP contribution in [0.25, 0.3) is 0 Å². The molecule has 6 N–H and O–H groups in total. The first-order chi connectivity index (χ1) is 27.2. The Labute approximate surface area is 328 Å². The molecular weight excluding hydrogens is 716 g/mol. The van der Waals surface area contributed by atoms with Crippen LogP contribution < -0.4 is 0 Å². The molecule has 0 spiro atoms. The molecule has 14 nitrogen and oxygen atoms in total. The molecule has 8 fully saturated rings. The van der Waals surface area contributed by atoms with E-state index in [1.807, 2.05) is 13.8 Å². The molecule has 314 valence electrons. The van der Waals surface area contributed by atoms with Crippen molar-refractivity contribution < 1.29 is 72.7 Å². The van der Waals surface area contributed by atoms with Gasteiger partial charge in [-0.3, -0.25) is 4.79 Å². The van der Waals surface area contributed by atoms with Crippen molar-refractivity contribution >= 4 is 5.97 Å². The van der Waals surface area contributed by atoms with Crippen molar-refractivity contribution in [3.05, 3.63) is 0 Å². The summed E-state index contributed by atoms with van der Waals surface area (Å²) >= 11 is 0. The van der Waals surface area contributed by atoms with Crippen molar-refractivity contribution in [3.63, 3.8) is 0 Å². The summed E-state index contributed by atoms with van der Waals surface area (Å²) in [4.78, 5) is 12.4. The lowest BCUT2D eigenvalue weighted by molar-refractivity contribution is -0.336. The lowest BCUT2D eigenvalue weighted by Gasteiger charge is -2.65. The van der Waals surface area contributed by atoms with Crippen LogP contribution in [0, 0.1) is 40.4 Å². The van der Waals surface area contributed by atoms with Crippen LogP contribution in [-0.4, -0.2) is 135 Å². The highest BCUT2D eigenvalue weighted by Gasteiger charge is 2.71. The first-order valence-electron chi connectivity index (χ1n) is 22.5. The van der Waals surface area contributed by atoms with E-state index in [0.717, 1.165) is 32.1 Å². The largest absolute Gasteiger partial charge is 0.465 e. The number of esters is 1. The van der Waals surface area contributed by atoms with Gasteiger partial charge in [-0.05, 0) is 101 Å². The third-order valence-corrected chi connectivity index (χ3v) is 15.9. The molecule has 0 aromatic rings. The van der Waals surface area contributed by atoms with Gasteiger partial charge >= 0.3 is 5.97 Å². The smallest absolute Gasteiger partial charge is 0.306 e. The standard InChI is InChI=1S/C41H66O14/c1-19-36(47)28(42)15-34(50-19)54-38-21(3)52-35(17-30(38)44)55-37-20(2)51-33(16-29(37)43)53-24-8-10-39(4)23(13-24)6-7-26-27(39)14-31(45)40(5)25(9-11-41(26,40)48)22-12-32(46)49-18-22/h19-31,33-38,42-45,47-48H,6-18H2,1-5H3/t19-,20-,21-,22+,23-,24+,25-,26-,27+,28+,29+,30+,31-,33+,34+,35+,36-,37-,38-,39+,40+,41+/m1/s1/i12D2,18D/t18?,19-,20-,21-,22+,23-,24+,25-,26-,27+,28+,29+,30+,31-,33+,34+,35+,36-,37-,38-,39+,40+,41+. The van der Waals surface area contributed by atoms with E-state index < -0.39 is 122 Å². The van der Waals surface area contributed by atoms with E-state index in [-0.39, 0.29) is 48.5 Å². The van der Waals surface area contributed by atoms with Gasteiger partial charge < -0.3 is 63.8 Å². The van der Waals surface area contributed by atoms with Crippen LogP contribution in [0.2, 0.25) is 0 Å². The zero-order chi connectivity index (χ0) is 41.9. The monoisotopic (exact) mass is 785 g/mol. The van der Waals surface area contributed by atoms with Crippen molar-refractivity contribution in [1.82, 2.24) is 0 Å². The number of aliphatic hydroxyl groups is 6.